The monoisotopic (exact) mass is 752 g/mol. The maximum Gasteiger partial charge on any atom is 0.101 e. The number of fused-ring (bicyclic) bond motifs is 10. The highest BCUT2D eigenvalue weighted by atomic mass is 32.2. The van der Waals surface area contributed by atoms with Crippen LogP contribution in [-0.2, 0) is 5.41 Å². The molecule has 0 bridgehead atoms. The van der Waals surface area contributed by atoms with E-state index < -0.39 is 5.41 Å². The molecule has 0 fully saturated rings. The predicted octanol–water partition coefficient (Wildman–Crippen LogP) is 12.3. The molecule has 4 aromatic carbocycles. The Morgan fingerprint density at radius 3 is 1.15 bits per heavy atom. The zero-order valence-electron chi connectivity index (χ0n) is 32.7. The Labute approximate surface area is 333 Å². The maximum atomic E-state index is 5.10. The van der Waals surface area contributed by atoms with Crippen LogP contribution in [0.2, 0.25) is 0 Å². The van der Waals surface area contributed by atoms with Crippen LogP contribution >= 0.6 is 23.5 Å². The van der Waals surface area contributed by atoms with Crippen LogP contribution in [0.25, 0.3) is 44.8 Å². The van der Waals surface area contributed by atoms with Crippen molar-refractivity contribution in [2.45, 2.75) is 81.4 Å². The first-order valence-corrected chi connectivity index (χ1v) is 20.8. The smallest absolute Gasteiger partial charge is 0.101 e. The van der Waals surface area contributed by atoms with Crippen molar-refractivity contribution >= 4 is 33.6 Å². The molecule has 0 saturated heterocycles. The van der Waals surface area contributed by atoms with Crippen molar-refractivity contribution < 1.29 is 0 Å². The molecule has 4 heterocycles. The van der Waals surface area contributed by atoms with E-state index in [1.165, 1.54) is 44.5 Å². The molecule has 0 radical (unpaired) electrons. The summed E-state index contributed by atoms with van der Waals surface area (Å²) >= 11 is 3.69. The second-order valence-electron chi connectivity index (χ2n) is 17.4. The van der Waals surface area contributed by atoms with Crippen molar-refractivity contribution in [3.63, 3.8) is 0 Å². The Bertz CT molecular complexity index is 2460. The van der Waals surface area contributed by atoms with Crippen LogP contribution in [0.15, 0.2) is 132 Å². The van der Waals surface area contributed by atoms with Gasteiger partial charge in [-0.15, -0.1) is 0 Å². The molecular formula is C49H44N4S2. The summed E-state index contributed by atoms with van der Waals surface area (Å²) in [5.41, 5.74) is 15.9. The van der Waals surface area contributed by atoms with Gasteiger partial charge in [-0.3, -0.25) is 20.0 Å². The number of hydrogen-bond donors (Lipinski definition) is 0. The molecule has 2 aliphatic heterocycles. The molecule has 6 aromatic rings. The molecular weight excluding hydrogens is 709 g/mol. The fourth-order valence-corrected chi connectivity index (χ4v) is 11.2. The minimum atomic E-state index is -0.484. The van der Waals surface area contributed by atoms with Crippen LogP contribution in [0.3, 0.4) is 0 Å². The molecule has 10 rings (SSSR count). The van der Waals surface area contributed by atoms with Gasteiger partial charge in [-0.05, 0) is 136 Å². The van der Waals surface area contributed by atoms with Crippen LogP contribution in [0.4, 0.5) is 0 Å². The number of nitrogens with zero attached hydrogens (tertiary/aromatic N) is 4. The van der Waals surface area contributed by atoms with Crippen LogP contribution in [-0.4, -0.2) is 40.6 Å². The fraction of sp³-hybridized carbons (Fsp3) is 0.265. The van der Waals surface area contributed by atoms with E-state index in [9.17, 15) is 0 Å². The van der Waals surface area contributed by atoms with Gasteiger partial charge in [0, 0.05) is 44.1 Å². The molecule has 4 nitrogen and oxygen atoms in total. The number of thioether (sulfide) groups is 2. The Kier molecular flexibility index (Phi) is 7.33. The van der Waals surface area contributed by atoms with Gasteiger partial charge in [-0.25, -0.2) is 0 Å². The third-order valence-corrected chi connectivity index (χ3v) is 16.2. The summed E-state index contributed by atoms with van der Waals surface area (Å²) in [6.07, 6.45) is 4.00. The van der Waals surface area contributed by atoms with Crippen molar-refractivity contribution in [1.82, 2.24) is 9.97 Å². The molecule has 0 atom stereocenters. The molecule has 1 spiro atoms. The van der Waals surface area contributed by atoms with Gasteiger partial charge in [0.15, 0.2) is 0 Å². The van der Waals surface area contributed by atoms with Crippen molar-refractivity contribution in [2.24, 2.45) is 9.98 Å². The second-order valence-corrected chi connectivity index (χ2v) is 20.6. The first-order chi connectivity index (χ1) is 26.2. The normalized spacial score (nSPS) is 19.7. The first kappa shape index (κ1) is 34.7. The molecule has 2 aromatic heterocycles. The number of rotatable bonds is 4. The lowest BCUT2D eigenvalue weighted by molar-refractivity contribution is 0.426. The lowest BCUT2D eigenvalue weighted by Crippen LogP contribution is -2.36. The minimum absolute atomic E-state index is 0.0242. The van der Waals surface area contributed by atoms with E-state index >= 15 is 0 Å². The third kappa shape index (κ3) is 4.93. The topological polar surface area (TPSA) is 50.5 Å². The molecule has 55 heavy (non-hydrogen) atoms. The number of pyridine rings is 2. The fourth-order valence-electron chi connectivity index (χ4n) is 8.64. The predicted molar refractivity (Wildman–Crippen MR) is 234 cm³/mol. The highest BCUT2D eigenvalue weighted by molar-refractivity contribution is 8.16. The molecule has 0 unspecified atom stereocenters. The van der Waals surface area contributed by atoms with Gasteiger partial charge in [0.2, 0.25) is 0 Å². The standard InChI is InChI=1S/C49H44N4S2/c1-45(2)47(5,6)54-43(52-45)31-19-23-41(50-27-31)29-17-21-35-36-22-18-30(42-24-20-32(28-51-42)44-53-46(3,4)48(7,8)55-44)26-40(36)49(39(35)25-29)37-15-11-9-13-33(37)34-14-10-12-16-38(34)49/h9-28H,1-8H3. The van der Waals surface area contributed by atoms with Gasteiger partial charge in [-0.1, -0.05) is 96.3 Å². The number of benzene rings is 4. The van der Waals surface area contributed by atoms with E-state index in [2.05, 4.69) is 165 Å². The largest absolute Gasteiger partial charge is 0.270 e. The molecule has 0 saturated carbocycles. The maximum absolute atomic E-state index is 5.10. The van der Waals surface area contributed by atoms with E-state index in [-0.39, 0.29) is 20.6 Å². The van der Waals surface area contributed by atoms with Crippen LogP contribution in [0, 0.1) is 0 Å². The molecule has 4 aliphatic rings. The summed E-state index contributed by atoms with van der Waals surface area (Å²) in [5.74, 6) is 0. The highest BCUT2D eigenvalue weighted by Gasteiger charge is 2.52. The van der Waals surface area contributed by atoms with Crippen LogP contribution < -0.4 is 0 Å². The van der Waals surface area contributed by atoms with Gasteiger partial charge in [0.1, 0.15) is 10.1 Å². The quantitative estimate of drug-likeness (QED) is 0.180. The summed E-state index contributed by atoms with van der Waals surface area (Å²) in [6.45, 7) is 18.0. The highest BCUT2D eigenvalue weighted by Crippen LogP contribution is 2.63. The Hall–Kier alpha value is -4.78. The van der Waals surface area contributed by atoms with Crippen molar-refractivity contribution in [1.29, 1.82) is 0 Å². The van der Waals surface area contributed by atoms with E-state index in [4.69, 9.17) is 20.0 Å². The molecule has 0 amide bonds. The Balaban J connectivity index is 1.10. The summed E-state index contributed by atoms with van der Waals surface area (Å²) in [6, 6.07) is 40.6. The van der Waals surface area contributed by atoms with Crippen molar-refractivity contribution in [2.75, 3.05) is 0 Å². The zero-order valence-corrected chi connectivity index (χ0v) is 34.3. The lowest BCUT2D eigenvalue weighted by atomic mass is 9.70. The number of aliphatic imine (C=N–C) groups is 2. The molecule has 2 aliphatic carbocycles. The van der Waals surface area contributed by atoms with Crippen molar-refractivity contribution in [3.05, 3.63) is 155 Å². The van der Waals surface area contributed by atoms with Gasteiger partial charge >= 0.3 is 0 Å². The van der Waals surface area contributed by atoms with Gasteiger partial charge < -0.3 is 0 Å². The van der Waals surface area contributed by atoms with Crippen LogP contribution in [0.5, 0.6) is 0 Å². The zero-order chi connectivity index (χ0) is 38.1. The average molecular weight is 753 g/mol. The van der Waals surface area contributed by atoms with Gasteiger partial charge in [0.25, 0.3) is 0 Å². The van der Waals surface area contributed by atoms with E-state index in [0.717, 1.165) is 43.7 Å². The van der Waals surface area contributed by atoms with E-state index in [1.54, 1.807) is 0 Å². The minimum Gasteiger partial charge on any atom is -0.270 e. The molecule has 272 valence electrons. The Morgan fingerprint density at radius 1 is 0.400 bits per heavy atom. The first-order valence-electron chi connectivity index (χ1n) is 19.2. The number of aromatic nitrogens is 2. The number of hydrogen-bond acceptors (Lipinski definition) is 6. The Morgan fingerprint density at radius 2 is 0.782 bits per heavy atom. The summed E-state index contributed by atoms with van der Waals surface area (Å²) in [7, 11) is 0. The van der Waals surface area contributed by atoms with E-state index in [1.807, 2.05) is 35.9 Å². The van der Waals surface area contributed by atoms with Crippen LogP contribution in [0.1, 0.15) is 88.8 Å². The second kappa shape index (κ2) is 11.6. The SMILES string of the molecule is CC1(C)N=C(c2ccc(-c3ccc4c(c3)C3(c5ccccc5-c5ccccc53)c3cc(-c5ccc(C6=NC(C)(C)C(C)(C)S6)cn5)ccc3-4)nc2)SC1(C)C. The third-order valence-electron chi connectivity index (χ3n) is 13.1. The molecule has 0 N–H and O–H groups in total. The summed E-state index contributed by atoms with van der Waals surface area (Å²) in [5, 5.41) is 2.13. The summed E-state index contributed by atoms with van der Waals surface area (Å²) in [4.78, 5) is 20.3. The molecule has 6 heteroatoms. The van der Waals surface area contributed by atoms with E-state index in [0.29, 0.717) is 0 Å². The van der Waals surface area contributed by atoms with Crippen molar-refractivity contribution in [3.8, 4) is 44.8 Å². The lowest BCUT2D eigenvalue weighted by Gasteiger charge is -2.31. The van der Waals surface area contributed by atoms with Gasteiger partial charge in [-0.2, -0.15) is 0 Å². The van der Waals surface area contributed by atoms with Gasteiger partial charge in [0.05, 0.1) is 27.9 Å². The average Bonchev–Trinajstić information content (AvgIpc) is 3.79. The summed E-state index contributed by atoms with van der Waals surface area (Å²) < 4.78 is 0.0483.